The molecule has 126 valence electrons. The lowest BCUT2D eigenvalue weighted by atomic mass is 9.80. The molecule has 1 aliphatic heterocycles. The van der Waals surface area contributed by atoms with Gasteiger partial charge >= 0.3 is 0 Å². The van der Waals surface area contributed by atoms with Crippen LogP contribution in [0, 0.1) is 12.3 Å². The Balaban J connectivity index is 1.37. The molecule has 0 atom stereocenters. The SMILES string of the molecule is Cc1nc(NCC2(CN3CCCC3)CC2)cc(C2CC(O)C2)n1. The first-order chi connectivity index (χ1) is 11.1. The van der Waals surface area contributed by atoms with Crippen molar-refractivity contribution in [2.45, 2.75) is 57.5 Å². The molecule has 0 radical (unpaired) electrons. The number of aliphatic hydroxyl groups excluding tert-OH is 1. The molecule has 1 saturated heterocycles. The van der Waals surface area contributed by atoms with E-state index in [1.807, 2.05) is 6.92 Å². The van der Waals surface area contributed by atoms with E-state index in [0.717, 1.165) is 36.7 Å². The molecule has 23 heavy (non-hydrogen) atoms. The Labute approximate surface area is 138 Å². The molecular weight excluding hydrogens is 288 g/mol. The number of rotatable bonds is 6. The molecule has 4 rings (SSSR count). The molecule has 0 amide bonds. The molecule has 1 aromatic heterocycles. The molecule has 2 saturated carbocycles. The number of aliphatic hydroxyl groups is 1. The van der Waals surface area contributed by atoms with Crippen LogP contribution >= 0.6 is 0 Å². The summed E-state index contributed by atoms with van der Waals surface area (Å²) in [6.45, 7) is 6.78. The number of likely N-dealkylation sites (tertiary alicyclic amines) is 1. The third kappa shape index (κ3) is 3.50. The van der Waals surface area contributed by atoms with Gasteiger partial charge in [-0.15, -0.1) is 0 Å². The van der Waals surface area contributed by atoms with Crippen molar-refractivity contribution in [1.29, 1.82) is 0 Å². The van der Waals surface area contributed by atoms with Gasteiger partial charge in [-0.25, -0.2) is 9.97 Å². The van der Waals surface area contributed by atoms with Crippen molar-refractivity contribution in [1.82, 2.24) is 14.9 Å². The maximum Gasteiger partial charge on any atom is 0.129 e. The normalized spacial score (nSPS) is 29.3. The predicted molar refractivity (Wildman–Crippen MR) is 90.6 cm³/mol. The summed E-state index contributed by atoms with van der Waals surface area (Å²) in [7, 11) is 0. The highest BCUT2D eigenvalue weighted by Crippen LogP contribution is 2.46. The standard InChI is InChI=1S/C18H28N4O/c1-13-20-16(14-8-15(23)9-14)10-17(21-13)19-11-18(4-5-18)12-22-6-2-3-7-22/h10,14-15,23H,2-9,11-12H2,1H3,(H,19,20,21). The van der Waals surface area contributed by atoms with Gasteiger partial charge in [-0.3, -0.25) is 0 Å². The van der Waals surface area contributed by atoms with Gasteiger partial charge in [0.1, 0.15) is 11.6 Å². The van der Waals surface area contributed by atoms with Crippen molar-refractivity contribution in [3.63, 3.8) is 0 Å². The summed E-state index contributed by atoms with van der Waals surface area (Å²) in [5.41, 5.74) is 1.56. The number of hydrogen-bond acceptors (Lipinski definition) is 5. The largest absolute Gasteiger partial charge is 0.393 e. The van der Waals surface area contributed by atoms with E-state index in [9.17, 15) is 5.11 Å². The summed E-state index contributed by atoms with van der Waals surface area (Å²) in [4.78, 5) is 11.7. The first-order valence-corrected chi connectivity index (χ1v) is 9.12. The Kier molecular flexibility index (Phi) is 4.01. The zero-order chi connectivity index (χ0) is 15.9. The Bertz CT molecular complexity index is 560. The summed E-state index contributed by atoms with van der Waals surface area (Å²) < 4.78 is 0. The molecule has 0 aromatic carbocycles. The highest BCUT2D eigenvalue weighted by Gasteiger charge is 2.44. The van der Waals surface area contributed by atoms with Crippen LogP contribution in [-0.2, 0) is 0 Å². The highest BCUT2D eigenvalue weighted by molar-refractivity contribution is 5.38. The molecule has 2 N–H and O–H groups in total. The number of aryl methyl sites for hydroxylation is 1. The van der Waals surface area contributed by atoms with Gasteiger partial charge in [0, 0.05) is 36.2 Å². The van der Waals surface area contributed by atoms with Crippen LogP contribution in [0.3, 0.4) is 0 Å². The van der Waals surface area contributed by atoms with Crippen molar-refractivity contribution in [3.8, 4) is 0 Å². The molecule has 2 aliphatic carbocycles. The quantitative estimate of drug-likeness (QED) is 0.843. The second-order valence-corrected chi connectivity index (χ2v) is 7.88. The summed E-state index contributed by atoms with van der Waals surface area (Å²) in [5.74, 6) is 2.20. The van der Waals surface area contributed by atoms with Gasteiger partial charge in [-0.05, 0) is 58.5 Å². The van der Waals surface area contributed by atoms with Crippen LogP contribution in [0.5, 0.6) is 0 Å². The Morgan fingerprint density at radius 2 is 2.00 bits per heavy atom. The molecule has 3 aliphatic rings. The van der Waals surface area contributed by atoms with Crippen LogP contribution < -0.4 is 5.32 Å². The summed E-state index contributed by atoms with van der Waals surface area (Å²) >= 11 is 0. The van der Waals surface area contributed by atoms with E-state index in [1.54, 1.807) is 0 Å². The second-order valence-electron chi connectivity index (χ2n) is 7.88. The minimum Gasteiger partial charge on any atom is -0.393 e. The molecule has 5 nitrogen and oxygen atoms in total. The van der Waals surface area contributed by atoms with Crippen molar-refractivity contribution < 1.29 is 5.11 Å². The van der Waals surface area contributed by atoms with Gasteiger partial charge in [0.05, 0.1) is 6.10 Å². The topological polar surface area (TPSA) is 61.3 Å². The van der Waals surface area contributed by atoms with Crippen molar-refractivity contribution in [2.24, 2.45) is 5.41 Å². The fraction of sp³-hybridized carbons (Fsp3) is 0.778. The van der Waals surface area contributed by atoms with Gasteiger partial charge in [-0.1, -0.05) is 0 Å². The van der Waals surface area contributed by atoms with Crippen LogP contribution in [0.4, 0.5) is 5.82 Å². The van der Waals surface area contributed by atoms with Gasteiger partial charge in [0.2, 0.25) is 0 Å². The Morgan fingerprint density at radius 3 is 2.65 bits per heavy atom. The predicted octanol–water partition coefficient (Wildman–Crippen LogP) is 2.31. The average Bonchev–Trinajstić information content (AvgIpc) is 3.06. The smallest absolute Gasteiger partial charge is 0.129 e. The number of hydrogen-bond donors (Lipinski definition) is 2. The fourth-order valence-corrected chi connectivity index (χ4v) is 3.98. The molecule has 0 spiro atoms. The van der Waals surface area contributed by atoms with E-state index in [0.29, 0.717) is 11.3 Å². The minimum atomic E-state index is -0.137. The van der Waals surface area contributed by atoms with Crippen LogP contribution in [0.25, 0.3) is 0 Å². The van der Waals surface area contributed by atoms with Crippen molar-refractivity contribution >= 4 is 5.82 Å². The van der Waals surface area contributed by atoms with Gasteiger partial charge in [0.25, 0.3) is 0 Å². The molecular formula is C18H28N4O. The maximum absolute atomic E-state index is 9.51. The van der Waals surface area contributed by atoms with Crippen LogP contribution in [0.2, 0.25) is 0 Å². The number of aromatic nitrogens is 2. The van der Waals surface area contributed by atoms with E-state index in [1.165, 1.54) is 45.3 Å². The van der Waals surface area contributed by atoms with Crippen molar-refractivity contribution in [2.75, 3.05) is 31.5 Å². The molecule has 1 aromatic rings. The van der Waals surface area contributed by atoms with Gasteiger partial charge in [0.15, 0.2) is 0 Å². The lowest BCUT2D eigenvalue weighted by Crippen LogP contribution is -2.32. The monoisotopic (exact) mass is 316 g/mol. The Morgan fingerprint density at radius 1 is 1.26 bits per heavy atom. The molecule has 0 unspecified atom stereocenters. The van der Waals surface area contributed by atoms with E-state index >= 15 is 0 Å². The van der Waals surface area contributed by atoms with Crippen LogP contribution in [0.15, 0.2) is 6.07 Å². The molecule has 0 bridgehead atoms. The van der Waals surface area contributed by atoms with E-state index in [-0.39, 0.29) is 6.10 Å². The van der Waals surface area contributed by atoms with Gasteiger partial charge in [-0.2, -0.15) is 0 Å². The molecule has 5 heteroatoms. The third-order valence-electron chi connectivity index (χ3n) is 5.75. The van der Waals surface area contributed by atoms with Gasteiger partial charge < -0.3 is 15.3 Å². The lowest BCUT2D eigenvalue weighted by molar-refractivity contribution is 0.0731. The zero-order valence-corrected chi connectivity index (χ0v) is 14.1. The zero-order valence-electron chi connectivity index (χ0n) is 14.1. The number of anilines is 1. The first-order valence-electron chi connectivity index (χ1n) is 9.12. The number of nitrogens with one attached hydrogen (secondary N) is 1. The van der Waals surface area contributed by atoms with Crippen LogP contribution in [0.1, 0.15) is 56.0 Å². The van der Waals surface area contributed by atoms with E-state index in [4.69, 9.17) is 0 Å². The molecule has 2 heterocycles. The Hall–Kier alpha value is -1.20. The van der Waals surface area contributed by atoms with E-state index < -0.39 is 0 Å². The third-order valence-corrected chi connectivity index (χ3v) is 5.75. The van der Waals surface area contributed by atoms with E-state index in [2.05, 4.69) is 26.3 Å². The maximum atomic E-state index is 9.51. The highest BCUT2D eigenvalue weighted by atomic mass is 16.3. The minimum absolute atomic E-state index is 0.137. The molecule has 3 fully saturated rings. The number of nitrogens with zero attached hydrogens (tertiary/aromatic N) is 3. The summed E-state index contributed by atoms with van der Waals surface area (Å²) in [6, 6.07) is 2.09. The summed E-state index contributed by atoms with van der Waals surface area (Å²) in [5, 5.41) is 13.1. The fourth-order valence-electron chi connectivity index (χ4n) is 3.98. The van der Waals surface area contributed by atoms with Crippen molar-refractivity contribution in [3.05, 3.63) is 17.6 Å². The van der Waals surface area contributed by atoms with Crippen LogP contribution in [-0.4, -0.2) is 52.3 Å². The lowest BCUT2D eigenvalue weighted by Gasteiger charge is -2.31. The average molecular weight is 316 g/mol. The first kappa shape index (κ1) is 15.3. The second kappa shape index (κ2) is 6.02. The summed E-state index contributed by atoms with van der Waals surface area (Å²) in [6.07, 6.45) is 6.95.